The predicted octanol–water partition coefficient (Wildman–Crippen LogP) is 1.52. The molecule has 1 rings (SSSR count). The predicted molar refractivity (Wildman–Crippen MR) is 62.2 cm³/mol. The van der Waals surface area contributed by atoms with Crippen LogP contribution in [0.25, 0.3) is 0 Å². The molecule has 0 saturated heterocycles. The van der Waals surface area contributed by atoms with Crippen LogP contribution >= 0.6 is 15.9 Å². The van der Waals surface area contributed by atoms with Gasteiger partial charge in [0.25, 0.3) is 5.91 Å². The molecule has 0 radical (unpaired) electrons. The van der Waals surface area contributed by atoms with Gasteiger partial charge in [-0.25, -0.2) is 4.90 Å². The van der Waals surface area contributed by atoms with Crippen molar-refractivity contribution < 1.29 is 14.4 Å². The van der Waals surface area contributed by atoms with Crippen molar-refractivity contribution in [1.29, 1.82) is 0 Å². The Hall–Kier alpha value is -1.49. The zero-order valence-corrected chi connectivity index (χ0v) is 10.2. The molecule has 3 amide bonds. The van der Waals surface area contributed by atoms with E-state index in [9.17, 15) is 14.4 Å². The summed E-state index contributed by atoms with van der Waals surface area (Å²) in [5.41, 5.74) is 1.07. The lowest BCUT2D eigenvalue weighted by molar-refractivity contribution is -0.132. The molecule has 4 nitrogen and oxygen atoms in total. The Balaban J connectivity index is 3.05. The van der Waals surface area contributed by atoms with Crippen LogP contribution in [0, 0.1) is 6.92 Å². The van der Waals surface area contributed by atoms with E-state index in [1.807, 2.05) is 0 Å². The first kappa shape index (κ1) is 12.6. The molecule has 0 aromatic heterocycles. The van der Waals surface area contributed by atoms with E-state index < -0.39 is 11.8 Å². The number of amides is 3. The standard InChI is InChI=1S/C11H10BrNO3/c1-8-4-2-3-5-9(8)11(16)13(7-14)10(15)6-12/h2-5,7H,6H2,1H3. The number of carbonyl (C=O) groups is 3. The molecule has 0 aliphatic rings. The number of nitrogens with zero attached hydrogens (tertiary/aromatic N) is 1. The maximum Gasteiger partial charge on any atom is 0.267 e. The van der Waals surface area contributed by atoms with Gasteiger partial charge in [-0.05, 0) is 18.6 Å². The number of halogens is 1. The van der Waals surface area contributed by atoms with Crippen LogP contribution in [0.4, 0.5) is 0 Å². The zero-order chi connectivity index (χ0) is 12.1. The summed E-state index contributed by atoms with van der Waals surface area (Å²) in [4.78, 5) is 34.4. The van der Waals surface area contributed by atoms with Gasteiger partial charge < -0.3 is 0 Å². The quantitative estimate of drug-likeness (QED) is 0.624. The Bertz CT molecular complexity index is 431. The highest BCUT2D eigenvalue weighted by atomic mass is 79.9. The van der Waals surface area contributed by atoms with Crippen LogP contribution in [-0.4, -0.2) is 28.5 Å². The molecule has 1 aromatic rings. The molecule has 0 spiro atoms. The van der Waals surface area contributed by atoms with Gasteiger partial charge in [0, 0.05) is 5.56 Å². The molecule has 1 aromatic carbocycles. The van der Waals surface area contributed by atoms with Crippen molar-refractivity contribution in [3.63, 3.8) is 0 Å². The van der Waals surface area contributed by atoms with E-state index in [4.69, 9.17) is 0 Å². The normalized spacial score (nSPS) is 9.62. The van der Waals surface area contributed by atoms with Gasteiger partial charge in [-0.2, -0.15) is 0 Å². The molecule has 0 heterocycles. The van der Waals surface area contributed by atoms with Crippen molar-refractivity contribution >= 4 is 34.2 Å². The van der Waals surface area contributed by atoms with Gasteiger partial charge in [0.05, 0.1) is 5.33 Å². The topological polar surface area (TPSA) is 54.5 Å². The summed E-state index contributed by atoms with van der Waals surface area (Å²) in [7, 11) is 0. The molecule has 0 atom stereocenters. The van der Waals surface area contributed by atoms with Crippen molar-refractivity contribution in [3.05, 3.63) is 35.4 Å². The summed E-state index contributed by atoms with van der Waals surface area (Å²) in [6, 6.07) is 6.79. The molecule has 16 heavy (non-hydrogen) atoms. The Kier molecular flexibility index (Phi) is 4.37. The number of benzene rings is 1. The minimum absolute atomic E-state index is 0.0661. The van der Waals surface area contributed by atoms with Crippen molar-refractivity contribution in [3.8, 4) is 0 Å². The van der Waals surface area contributed by atoms with Crippen LogP contribution < -0.4 is 0 Å². The monoisotopic (exact) mass is 283 g/mol. The second-order valence-electron chi connectivity index (χ2n) is 3.12. The molecule has 0 N–H and O–H groups in total. The van der Waals surface area contributed by atoms with E-state index in [2.05, 4.69) is 15.9 Å². The van der Waals surface area contributed by atoms with Gasteiger partial charge in [0.15, 0.2) is 0 Å². The number of hydrogen-bond acceptors (Lipinski definition) is 3. The second kappa shape index (κ2) is 5.55. The highest BCUT2D eigenvalue weighted by molar-refractivity contribution is 9.09. The largest absolute Gasteiger partial charge is 0.278 e. The second-order valence-corrected chi connectivity index (χ2v) is 3.68. The highest BCUT2D eigenvalue weighted by Gasteiger charge is 2.22. The third kappa shape index (κ3) is 2.55. The van der Waals surface area contributed by atoms with E-state index in [0.29, 0.717) is 10.5 Å². The van der Waals surface area contributed by atoms with Gasteiger partial charge in [-0.15, -0.1) is 0 Å². The molecule has 0 saturated carbocycles. The lowest BCUT2D eigenvalue weighted by Crippen LogP contribution is -2.36. The molecular weight excluding hydrogens is 274 g/mol. The van der Waals surface area contributed by atoms with E-state index in [0.717, 1.165) is 5.56 Å². The minimum atomic E-state index is -0.599. The van der Waals surface area contributed by atoms with E-state index >= 15 is 0 Å². The Morgan fingerprint density at radius 3 is 2.50 bits per heavy atom. The number of rotatable bonds is 3. The number of aryl methyl sites for hydroxylation is 1. The summed E-state index contributed by atoms with van der Waals surface area (Å²) in [6.07, 6.45) is 0.234. The highest BCUT2D eigenvalue weighted by Crippen LogP contribution is 2.10. The molecule has 0 fully saturated rings. The van der Waals surface area contributed by atoms with Crippen molar-refractivity contribution in [2.45, 2.75) is 6.92 Å². The Morgan fingerprint density at radius 2 is 2.00 bits per heavy atom. The average molecular weight is 284 g/mol. The van der Waals surface area contributed by atoms with Gasteiger partial charge >= 0.3 is 0 Å². The fourth-order valence-electron chi connectivity index (χ4n) is 1.23. The first-order valence-corrected chi connectivity index (χ1v) is 5.67. The summed E-state index contributed by atoms with van der Waals surface area (Å²) in [5, 5.41) is -0.0661. The third-order valence-corrected chi connectivity index (χ3v) is 2.56. The van der Waals surface area contributed by atoms with Gasteiger partial charge in [-0.1, -0.05) is 34.1 Å². The van der Waals surface area contributed by atoms with E-state index in [1.54, 1.807) is 31.2 Å². The third-order valence-electron chi connectivity index (χ3n) is 2.08. The molecular formula is C11H10BrNO3. The number of alkyl halides is 1. The van der Waals surface area contributed by atoms with Crippen molar-refractivity contribution in [2.75, 3.05) is 5.33 Å². The van der Waals surface area contributed by atoms with E-state index in [1.165, 1.54) is 0 Å². The molecule has 0 unspecified atom stereocenters. The smallest absolute Gasteiger partial charge is 0.267 e. The van der Waals surface area contributed by atoms with Crippen LogP contribution in [0.3, 0.4) is 0 Å². The van der Waals surface area contributed by atoms with Crippen LogP contribution in [-0.2, 0) is 9.59 Å². The Labute approximate surface area is 101 Å². The summed E-state index contributed by atoms with van der Waals surface area (Å²) >= 11 is 2.91. The molecule has 0 aliphatic heterocycles. The first-order chi connectivity index (χ1) is 7.61. The number of carbonyl (C=O) groups excluding carboxylic acids is 3. The molecule has 84 valence electrons. The maximum atomic E-state index is 11.9. The van der Waals surface area contributed by atoms with Crippen LogP contribution in [0.1, 0.15) is 15.9 Å². The first-order valence-electron chi connectivity index (χ1n) is 4.55. The summed E-state index contributed by atoms with van der Waals surface area (Å²) in [5.74, 6) is -1.18. The summed E-state index contributed by atoms with van der Waals surface area (Å²) < 4.78 is 0. The molecule has 0 aliphatic carbocycles. The maximum absolute atomic E-state index is 11.9. The molecule has 5 heteroatoms. The van der Waals surface area contributed by atoms with Crippen LogP contribution in [0.2, 0.25) is 0 Å². The Morgan fingerprint density at radius 1 is 1.38 bits per heavy atom. The summed E-state index contributed by atoms with van der Waals surface area (Å²) in [6.45, 7) is 1.74. The lowest BCUT2D eigenvalue weighted by Gasteiger charge is -2.13. The number of hydrogen-bond donors (Lipinski definition) is 0. The minimum Gasteiger partial charge on any atom is -0.278 e. The lowest BCUT2D eigenvalue weighted by atomic mass is 10.1. The van der Waals surface area contributed by atoms with Gasteiger partial charge in [0.1, 0.15) is 0 Å². The van der Waals surface area contributed by atoms with Gasteiger partial charge in [-0.3, -0.25) is 14.4 Å². The van der Waals surface area contributed by atoms with Crippen molar-refractivity contribution in [2.24, 2.45) is 0 Å². The van der Waals surface area contributed by atoms with E-state index in [-0.39, 0.29) is 11.7 Å². The molecule has 0 bridgehead atoms. The van der Waals surface area contributed by atoms with Crippen LogP contribution in [0.15, 0.2) is 24.3 Å². The number of imide groups is 3. The van der Waals surface area contributed by atoms with Crippen molar-refractivity contribution in [1.82, 2.24) is 4.90 Å². The van der Waals surface area contributed by atoms with Gasteiger partial charge in [0.2, 0.25) is 12.3 Å². The zero-order valence-electron chi connectivity index (χ0n) is 8.64. The fourth-order valence-corrected chi connectivity index (χ4v) is 1.50. The fraction of sp³-hybridized carbons (Fsp3) is 0.182. The SMILES string of the molecule is Cc1ccccc1C(=O)N(C=O)C(=O)CBr. The van der Waals surface area contributed by atoms with Crippen LogP contribution in [0.5, 0.6) is 0 Å². The average Bonchev–Trinajstić information content (AvgIpc) is 2.30.